The molecule has 158 valence electrons. The van der Waals surface area contributed by atoms with Gasteiger partial charge in [-0.1, -0.05) is 67.6 Å². The highest BCUT2D eigenvalue weighted by Gasteiger charge is 2.41. The predicted octanol–water partition coefficient (Wildman–Crippen LogP) is 4.68. The number of hydrogen-bond donors (Lipinski definition) is 2. The fraction of sp³-hybridized carbons (Fsp3) is 0.458. The Morgan fingerprint density at radius 3 is 2.07 bits per heavy atom. The van der Waals surface area contributed by atoms with E-state index in [2.05, 4.69) is 47.4 Å². The van der Waals surface area contributed by atoms with Gasteiger partial charge in [-0.2, -0.15) is 0 Å². The Kier molecular flexibility index (Phi) is 8.69. The van der Waals surface area contributed by atoms with Crippen molar-refractivity contribution in [2.45, 2.75) is 44.1 Å². The zero-order valence-corrected chi connectivity index (χ0v) is 17.9. The third-order valence-electron chi connectivity index (χ3n) is 5.94. The van der Waals surface area contributed by atoms with Crippen LogP contribution in [0.1, 0.15) is 49.7 Å². The Labute approximate surface area is 180 Å². The molecule has 1 heterocycles. The first-order valence-corrected chi connectivity index (χ1v) is 10.3. The van der Waals surface area contributed by atoms with Gasteiger partial charge in [-0.3, -0.25) is 4.79 Å². The number of piperidine rings is 1. The van der Waals surface area contributed by atoms with E-state index in [1.807, 2.05) is 18.2 Å². The highest BCUT2D eigenvalue weighted by atomic mass is 35.5. The number of carbonyl (C=O) groups is 1. The van der Waals surface area contributed by atoms with Gasteiger partial charge in [-0.15, -0.1) is 12.4 Å². The molecule has 1 aliphatic heterocycles. The minimum Gasteiger partial charge on any atom is -0.481 e. The van der Waals surface area contributed by atoms with Crippen LogP contribution in [0.4, 0.5) is 0 Å². The van der Waals surface area contributed by atoms with Crippen molar-refractivity contribution >= 4 is 18.4 Å². The average Bonchev–Trinajstić information content (AvgIpc) is 3.51. The van der Waals surface area contributed by atoms with Crippen molar-refractivity contribution in [2.75, 3.05) is 19.6 Å². The Hall–Kier alpha value is -1.88. The Morgan fingerprint density at radius 2 is 1.55 bits per heavy atom. The maximum absolute atomic E-state index is 10.9. The zero-order valence-electron chi connectivity index (χ0n) is 17.0. The zero-order chi connectivity index (χ0) is 20.0. The molecule has 1 aliphatic carbocycles. The lowest BCUT2D eigenvalue weighted by Crippen LogP contribution is -2.43. The van der Waals surface area contributed by atoms with E-state index in [1.165, 1.54) is 18.5 Å². The molecule has 2 N–H and O–H groups in total. The number of halogens is 1. The molecule has 2 fully saturated rings. The maximum Gasteiger partial charge on any atom is 0.303 e. The van der Waals surface area contributed by atoms with Crippen molar-refractivity contribution in [1.29, 1.82) is 0 Å². The van der Waals surface area contributed by atoms with Gasteiger partial charge in [0.1, 0.15) is 0 Å². The minimum atomic E-state index is -0.745. The summed E-state index contributed by atoms with van der Waals surface area (Å²) in [7, 11) is 0. The number of aliphatic hydroxyl groups is 1. The fourth-order valence-corrected chi connectivity index (χ4v) is 4.03. The number of benzene rings is 2. The molecule has 29 heavy (non-hydrogen) atoms. The van der Waals surface area contributed by atoms with Crippen molar-refractivity contribution < 1.29 is 15.0 Å². The highest BCUT2D eigenvalue weighted by molar-refractivity contribution is 5.85. The van der Waals surface area contributed by atoms with Gasteiger partial charge in [0.2, 0.25) is 0 Å². The van der Waals surface area contributed by atoms with Gasteiger partial charge >= 0.3 is 5.97 Å². The normalized spacial score (nSPS) is 22.6. The number of aliphatic carboxylic acids is 1. The van der Waals surface area contributed by atoms with Crippen LogP contribution in [0.25, 0.3) is 0 Å². The van der Waals surface area contributed by atoms with E-state index in [-0.39, 0.29) is 18.8 Å². The van der Waals surface area contributed by atoms with Gasteiger partial charge in [0.25, 0.3) is 0 Å². The summed E-state index contributed by atoms with van der Waals surface area (Å²) in [6, 6.07) is 21.1. The second kappa shape index (κ2) is 10.8. The predicted molar refractivity (Wildman–Crippen MR) is 118 cm³/mol. The maximum atomic E-state index is 10.9. The molecule has 0 amide bonds. The third kappa shape index (κ3) is 6.56. The van der Waals surface area contributed by atoms with Crippen LogP contribution < -0.4 is 0 Å². The van der Waals surface area contributed by atoms with Gasteiger partial charge in [-0.05, 0) is 42.2 Å². The van der Waals surface area contributed by atoms with Gasteiger partial charge < -0.3 is 15.1 Å². The molecule has 0 spiro atoms. The molecule has 2 aromatic rings. The first-order chi connectivity index (χ1) is 13.5. The van der Waals surface area contributed by atoms with Crippen molar-refractivity contribution in [3.63, 3.8) is 0 Å². The van der Waals surface area contributed by atoms with Crippen LogP contribution in [0.2, 0.25) is 0 Å². The summed E-state index contributed by atoms with van der Waals surface area (Å²) >= 11 is 0. The lowest BCUT2D eigenvalue weighted by molar-refractivity contribution is -0.136. The summed E-state index contributed by atoms with van der Waals surface area (Å²) in [6.45, 7) is 4.79. The molecule has 0 aromatic heterocycles. The van der Waals surface area contributed by atoms with Gasteiger partial charge in [0, 0.05) is 26.1 Å². The number of likely N-dealkylation sites (tertiary alicyclic amines) is 1. The van der Waals surface area contributed by atoms with Crippen LogP contribution >= 0.6 is 12.4 Å². The molecule has 2 atom stereocenters. The fourth-order valence-electron chi connectivity index (χ4n) is 4.03. The molecular formula is C24H32ClNO3. The Morgan fingerprint density at radius 1 is 1.03 bits per heavy atom. The second-order valence-electron chi connectivity index (χ2n) is 7.96. The minimum absolute atomic E-state index is 0. The van der Waals surface area contributed by atoms with Crippen LogP contribution in [0.5, 0.6) is 0 Å². The monoisotopic (exact) mass is 417 g/mol. The van der Waals surface area contributed by atoms with Crippen molar-refractivity contribution in [2.24, 2.45) is 5.92 Å². The van der Waals surface area contributed by atoms with Crippen molar-refractivity contribution in [3.05, 3.63) is 71.8 Å². The molecule has 2 unspecified atom stereocenters. The van der Waals surface area contributed by atoms with E-state index in [9.17, 15) is 9.90 Å². The second-order valence-corrected chi connectivity index (χ2v) is 7.96. The number of carboxylic acid groups (broad SMARTS) is 1. The standard InChI is InChI=1S/C21H25NO.C3H6O2.ClH/c23-21(19-9-5-2-6-10-19)11-13-22(14-12-21)16-18-15-20(18)17-7-3-1-4-8-17;1-2-3(4)5;/h1-10,18,20,23H,11-16H2;2H2,1H3,(H,4,5);1H. The molecular weight excluding hydrogens is 386 g/mol. The topological polar surface area (TPSA) is 60.8 Å². The van der Waals surface area contributed by atoms with Crippen molar-refractivity contribution in [1.82, 2.24) is 4.90 Å². The summed E-state index contributed by atoms with van der Waals surface area (Å²) < 4.78 is 0. The molecule has 1 saturated heterocycles. The van der Waals surface area contributed by atoms with E-state index in [0.717, 1.165) is 43.3 Å². The molecule has 0 radical (unpaired) electrons. The van der Waals surface area contributed by atoms with Gasteiger partial charge in [-0.25, -0.2) is 0 Å². The molecule has 2 aromatic carbocycles. The smallest absolute Gasteiger partial charge is 0.303 e. The number of hydrogen-bond acceptors (Lipinski definition) is 3. The summed E-state index contributed by atoms with van der Waals surface area (Å²) in [4.78, 5) is 11.9. The third-order valence-corrected chi connectivity index (χ3v) is 5.94. The highest BCUT2D eigenvalue weighted by Crippen LogP contribution is 2.48. The molecule has 4 nitrogen and oxygen atoms in total. The lowest BCUT2D eigenvalue weighted by atomic mass is 9.84. The quantitative estimate of drug-likeness (QED) is 0.741. The number of rotatable bonds is 5. The Bertz CT molecular complexity index is 745. The lowest BCUT2D eigenvalue weighted by Gasteiger charge is -2.38. The van der Waals surface area contributed by atoms with E-state index in [1.54, 1.807) is 6.92 Å². The molecule has 0 bridgehead atoms. The van der Waals surface area contributed by atoms with Crippen LogP contribution in [-0.4, -0.2) is 40.7 Å². The summed E-state index contributed by atoms with van der Waals surface area (Å²) in [5.41, 5.74) is 1.95. The number of nitrogens with zero attached hydrogens (tertiary/aromatic N) is 1. The van der Waals surface area contributed by atoms with E-state index in [0.29, 0.717) is 0 Å². The summed E-state index contributed by atoms with van der Waals surface area (Å²) in [5, 5.41) is 18.6. The molecule has 2 aliphatic rings. The summed E-state index contributed by atoms with van der Waals surface area (Å²) in [5.74, 6) is 0.816. The van der Waals surface area contributed by atoms with E-state index in [4.69, 9.17) is 5.11 Å². The molecule has 1 saturated carbocycles. The van der Waals surface area contributed by atoms with E-state index >= 15 is 0 Å². The van der Waals surface area contributed by atoms with Gasteiger partial charge in [0.05, 0.1) is 5.60 Å². The first kappa shape index (κ1) is 23.4. The van der Waals surface area contributed by atoms with Crippen molar-refractivity contribution in [3.8, 4) is 0 Å². The molecule has 4 rings (SSSR count). The van der Waals surface area contributed by atoms with Gasteiger partial charge in [0.15, 0.2) is 0 Å². The van der Waals surface area contributed by atoms with E-state index < -0.39 is 11.6 Å². The van der Waals surface area contributed by atoms with Crippen LogP contribution in [0, 0.1) is 5.92 Å². The molecule has 5 heteroatoms. The summed E-state index contributed by atoms with van der Waals surface area (Å²) in [6.07, 6.45) is 3.24. The SMILES string of the molecule is CCC(=O)O.Cl.OC1(c2ccccc2)CCN(CC2CC2c2ccccc2)CC1. The van der Waals surface area contributed by atoms with Crippen LogP contribution in [0.3, 0.4) is 0 Å². The average molecular weight is 418 g/mol. The Balaban J connectivity index is 0.000000450. The first-order valence-electron chi connectivity index (χ1n) is 10.3. The van der Waals surface area contributed by atoms with Crippen LogP contribution in [0.15, 0.2) is 60.7 Å². The largest absolute Gasteiger partial charge is 0.481 e. The van der Waals surface area contributed by atoms with Crippen LogP contribution in [-0.2, 0) is 10.4 Å². The number of carboxylic acids is 1.